The van der Waals surface area contributed by atoms with E-state index in [1.165, 1.54) is 17.0 Å². The monoisotopic (exact) mass is 314 g/mol. The van der Waals surface area contributed by atoms with Gasteiger partial charge in [0, 0.05) is 24.1 Å². The number of rotatable bonds is 3. The normalized spacial score (nSPS) is 15.4. The van der Waals surface area contributed by atoms with Gasteiger partial charge in [0.15, 0.2) is 0 Å². The Morgan fingerprint density at radius 3 is 2.87 bits per heavy atom. The summed E-state index contributed by atoms with van der Waals surface area (Å²) in [5.41, 5.74) is 1.14. The number of fused-ring (bicyclic) bond motifs is 1. The standard InChI is InChI=1S/C17H18N2O4/c1-3-5-6-7-14-9-8-13-12-15(19(21)22)10-11-16(13)18(14)17(20)23-4-2/h8-12,14H,3-5H2,1-2H3. The zero-order chi connectivity index (χ0) is 16.8. The molecular formula is C17H18N2O4. The van der Waals surface area contributed by atoms with E-state index in [2.05, 4.69) is 11.8 Å². The molecule has 1 aromatic rings. The summed E-state index contributed by atoms with van der Waals surface area (Å²) >= 11 is 0. The van der Waals surface area contributed by atoms with E-state index in [9.17, 15) is 14.9 Å². The quantitative estimate of drug-likeness (QED) is 0.484. The molecule has 6 nitrogen and oxygen atoms in total. The average molecular weight is 314 g/mol. The lowest BCUT2D eigenvalue weighted by molar-refractivity contribution is -0.384. The zero-order valence-electron chi connectivity index (χ0n) is 13.1. The van der Waals surface area contributed by atoms with Gasteiger partial charge in [0.2, 0.25) is 0 Å². The van der Waals surface area contributed by atoms with Crippen LogP contribution in [-0.4, -0.2) is 23.7 Å². The molecule has 0 N–H and O–H groups in total. The molecule has 2 rings (SSSR count). The van der Waals surface area contributed by atoms with Crippen molar-refractivity contribution in [2.24, 2.45) is 0 Å². The highest BCUT2D eigenvalue weighted by atomic mass is 16.6. The summed E-state index contributed by atoms with van der Waals surface area (Å²) in [6.45, 7) is 4.01. The molecule has 1 heterocycles. The summed E-state index contributed by atoms with van der Waals surface area (Å²) in [6, 6.07) is 3.94. The molecule has 1 unspecified atom stereocenters. The van der Waals surface area contributed by atoms with E-state index in [-0.39, 0.29) is 12.3 Å². The van der Waals surface area contributed by atoms with Gasteiger partial charge in [-0.3, -0.25) is 15.0 Å². The molecular weight excluding hydrogens is 296 g/mol. The summed E-state index contributed by atoms with van der Waals surface area (Å²) in [6.07, 6.45) is 4.68. The largest absolute Gasteiger partial charge is 0.449 e. The van der Waals surface area contributed by atoms with Crippen LogP contribution in [-0.2, 0) is 4.74 Å². The Morgan fingerprint density at radius 1 is 1.43 bits per heavy atom. The van der Waals surface area contributed by atoms with E-state index in [1.807, 2.05) is 6.92 Å². The number of ether oxygens (including phenoxy) is 1. The number of hydrogen-bond donors (Lipinski definition) is 0. The number of benzene rings is 1. The Morgan fingerprint density at radius 2 is 2.22 bits per heavy atom. The van der Waals surface area contributed by atoms with Gasteiger partial charge in [-0.05, 0) is 25.5 Å². The molecule has 1 atom stereocenters. The highest BCUT2D eigenvalue weighted by molar-refractivity contribution is 5.94. The number of nitrogens with zero attached hydrogens (tertiary/aromatic N) is 2. The van der Waals surface area contributed by atoms with Gasteiger partial charge in [-0.15, -0.1) is 5.92 Å². The molecule has 6 heteroatoms. The number of anilines is 1. The van der Waals surface area contributed by atoms with Crippen LogP contribution in [0.5, 0.6) is 0 Å². The second kappa shape index (κ2) is 7.45. The summed E-state index contributed by atoms with van der Waals surface area (Å²) < 4.78 is 5.10. The molecule has 0 radical (unpaired) electrons. The minimum absolute atomic E-state index is 0.0206. The summed E-state index contributed by atoms with van der Waals surface area (Å²) in [4.78, 5) is 24.2. The van der Waals surface area contributed by atoms with Gasteiger partial charge in [-0.25, -0.2) is 4.79 Å². The van der Waals surface area contributed by atoms with E-state index in [1.54, 1.807) is 25.1 Å². The topological polar surface area (TPSA) is 72.7 Å². The Balaban J connectivity index is 2.43. The molecule has 0 spiro atoms. The molecule has 1 aliphatic heterocycles. The van der Waals surface area contributed by atoms with Crippen LogP contribution in [0.2, 0.25) is 0 Å². The number of nitro benzene ring substituents is 1. The van der Waals surface area contributed by atoms with Crippen LogP contribution in [0.3, 0.4) is 0 Å². The van der Waals surface area contributed by atoms with Gasteiger partial charge in [0.1, 0.15) is 6.04 Å². The van der Waals surface area contributed by atoms with Gasteiger partial charge >= 0.3 is 6.09 Å². The summed E-state index contributed by atoms with van der Waals surface area (Å²) in [5, 5.41) is 10.9. The number of non-ortho nitro benzene ring substituents is 1. The first-order chi connectivity index (χ1) is 11.1. The highest BCUT2D eigenvalue weighted by Crippen LogP contribution is 2.32. The number of nitro groups is 1. The van der Waals surface area contributed by atoms with E-state index < -0.39 is 17.1 Å². The fourth-order valence-corrected chi connectivity index (χ4v) is 2.26. The third-order valence-corrected chi connectivity index (χ3v) is 3.31. The highest BCUT2D eigenvalue weighted by Gasteiger charge is 2.29. The Hall–Kier alpha value is -2.81. The van der Waals surface area contributed by atoms with Crippen molar-refractivity contribution in [3.63, 3.8) is 0 Å². The number of amides is 1. The van der Waals surface area contributed by atoms with E-state index in [4.69, 9.17) is 4.74 Å². The summed E-state index contributed by atoms with van der Waals surface area (Å²) in [5.74, 6) is 6.08. The van der Waals surface area contributed by atoms with Gasteiger partial charge in [-0.1, -0.05) is 18.9 Å². The number of unbranched alkanes of at least 4 members (excludes halogenated alkanes) is 1. The van der Waals surface area contributed by atoms with Gasteiger partial charge in [-0.2, -0.15) is 0 Å². The van der Waals surface area contributed by atoms with Crippen molar-refractivity contribution in [1.29, 1.82) is 0 Å². The average Bonchev–Trinajstić information content (AvgIpc) is 2.54. The molecule has 0 aliphatic carbocycles. The molecule has 1 aromatic carbocycles. The van der Waals surface area contributed by atoms with Crippen LogP contribution in [0.25, 0.3) is 6.08 Å². The second-order valence-electron chi connectivity index (χ2n) is 4.94. The molecule has 0 fully saturated rings. The van der Waals surface area contributed by atoms with Crippen molar-refractivity contribution < 1.29 is 14.5 Å². The molecule has 0 aromatic heterocycles. The molecule has 23 heavy (non-hydrogen) atoms. The minimum Gasteiger partial charge on any atom is -0.449 e. The van der Waals surface area contributed by atoms with Gasteiger partial charge in [0.05, 0.1) is 17.2 Å². The van der Waals surface area contributed by atoms with Gasteiger partial charge < -0.3 is 4.74 Å². The maximum atomic E-state index is 12.3. The number of carbonyl (C=O) groups excluding carboxylic acids is 1. The number of carbonyl (C=O) groups is 1. The van der Waals surface area contributed by atoms with Crippen molar-refractivity contribution in [2.45, 2.75) is 32.7 Å². The van der Waals surface area contributed by atoms with Crippen molar-refractivity contribution >= 4 is 23.5 Å². The predicted molar refractivity (Wildman–Crippen MR) is 88.1 cm³/mol. The van der Waals surface area contributed by atoms with Crippen LogP contribution >= 0.6 is 0 Å². The maximum Gasteiger partial charge on any atom is 0.415 e. The fourth-order valence-electron chi connectivity index (χ4n) is 2.26. The van der Waals surface area contributed by atoms with Crippen LogP contribution in [0.4, 0.5) is 16.2 Å². The lowest BCUT2D eigenvalue weighted by atomic mass is 10.0. The Bertz CT molecular complexity index is 700. The molecule has 120 valence electrons. The maximum absolute atomic E-state index is 12.3. The summed E-state index contributed by atoms with van der Waals surface area (Å²) in [7, 11) is 0. The smallest absolute Gasteiger partial charge is 0.415 e. The molecule has 0 bridgehead atoms. The van der Waals surface area contributed by atoms with E-state index >= 15 is 0 Å². The van der Waals surface area contributed by atoms with Crippen molar-refractivity contribution in [2.75, 3.05) is 11.5 Å². The first-order valence-corrected chi connectivity index (χ1v) is 7.49. The van der Waals surface area contributed by atoms with Crippen molar-refractivity contribution in [1.82, 2.24) is 0 Å². The van der Waals surface area contributed by atoms with E-state index in [0.717, 1.165) is 12.8 Å². The van der Waals surface area contributed by atoms with Gasteiger partial charge in [0.25, 0.3) is 5.69 Å². The lowest BCUT2D eigenvalue weighted by Crippen LogP contribution is -2.41. The fraction of sp³-hybridized carbons (Fsp3) is 0.353. The molecule has 1 aliphatic rings. The van der Waals surface area contributed by atoms with Crippen LogP contribution in [0, 0.1) is 22.0 Å². The van der Waals surface area contributed by atoms with Crippen LogP contribution in [0.1, 0.15) is 32.3 Å². The molecule has 0 saturated heterocycles. The van der Waals surface area contributed by atoms with Crippen LogP contribution < -0.4 is 4.90 Å². The Labute approximate surface area is 134 Å². The van der Waals surface area contributed by atoms with Crippen molar-refractivity contribution in [3.05, 3.63) is 40.0 Å². The van der Waals surface area contributed by atoms with E-state index in [0.29, 0.717) is 11.3 Å². The first-order valence-electron chi connectivity index (χ1n) is 7.49. The molecule has 0 saturated carbocycles. The first kappa shape index (κ1) is 16.6. The third-order valence-electron chi connectivity index (χ3n) is 3.31. The third kappa shape index (κ3) is 3.69. The predicted octanol–water partition coefficient (Wildman–Crippen LogP) is 3.76. The van der Waals surface area contributed by atoms with Crippen molar-refractivity contribution in [3.8, 4) is 11.8 Å². The van der Waals surface area contributed by atoms with Crippen LogP contribution in [0.15, 0.2) is 24.3 Å². The minimum atomic E-state index is -0.511. The Kier molecular flexibility index (Phi) is 5.36. The SMILES string of the molecule is CCCC#CC1C=Cc2cc([N+](=O)[O-])ccc2N1C(=O)OCC. The number of hydrogen-bond acceptors (Lipinski definition) is 4. The zero-order valence-corrected chi connectivity index (χ0v) is 13.1. The second-order valence-corrected chi connectivity index (χ2v) is 4.94. The lowest BCUT2D eigenvalue weighted by Gasteiger charge is -2.30. The molecule has 1 amide bonds.